The molecular weight excluding hydrogens is 890 g/mol. The summed E-state index contributed by atoms with van der Waals surface area (Å²) in [6.45, 7) is 38.9. The molecule has 1 saturated carbocycles. The molecule has 6 aromatic rings. The summed E-state index contributed by atoms with van der Waals surface area (Å²) in [6.07, 6.45) is 15.8. The second kappa shape index (κ2) is 15.5. The van der Waals surface area contributed by atoms with Gasteiger partial charge in [0.2, 0.25) is 0 Å². The highest BCUT2D eigenvalue weighted by atomic mass is 32.1. The van der Waals surface area contributed by atoms with Gasteiger partial charge in [-0.1, -0.05) is 152 Å². The number of fused-ring (bicyclic) bond motifs is 10. The second-order valence-electron chi connectivity index (χ2n) is 28.1. The number of thiophene rings is 1. The minimum Gasteiger partial charge on any atom is -0.358 e. The van der Waals surface area contributed by atoms with Crippen LogP contribution >= 0.6 is 11.3 Å². The van der Waals surface area contributed by atoms with Crippen molar-refractivity contribution in [2.24, 2.45) is 5.41 Å². The average Bonchev–Trinajstić information content (AvgIpc) is 3.78. The standard InChI is InChI=1S/C67H80BN3S/c1-41-33-55-59-56(34-41)70(45-25-23-42(24-26-45)61(2,3)4)60-58(48-39-50-51(40-57(48)72-60)65(13,14)32-31-64(50,11)12)68(59)52-28-27-46(71-53-22-18-17-21-49(53)66(15)29-19-20-30-67(66,71)16)38-54(52)69(55)47-36-43(62(5,6)7)35-44(37-47)63(8,9)10/h17-18,21,23-28,33-40,53H,19-20,22,29-32H2,1-16H3. The van der Waals surface area contributed by atoms with Crippen LogP contribution in [0.4, 0.5) is 39.1 Å². The number of allylic oxidation sites excluding steroid dienone is 2. The van der Waals surface area contributed by atoms with Crippen LogP contribution in [0.3, 0.4) is 0 Å². The molecule has 5 heteroatoms. The van der Waals surface area contributed by atoms with Gasteiger partial charge in [-0.15, -0.1) is 11.3 Å². The molecule has 3 aliphatic carbocycles. The van der Waals surface area contributed by atoms with Crippen LogP contribution in [0.25, 0.3) is 10.1 Å². The predicted molar refractivity (Wildman–Crippen MR) is 315 cm³/mol. The summed E-state index contributed by atoms with van der Waals surface area (Å²) in [6, 6.07) is 35.7. The van der Waals surface area contributed by atoms with Crippen LogP contribution in [0, 0.1) is 12.3 Å². The molecule has 6 aliphatic rings. The maximum absolute atomic E-state index is 2.93. The van der Waals surface area contributed by atoms with Crippen molar-refractivity contribution in [1.82, 2.24) is 0 Å². The topological polar surface area (TPSA) is 9.72 Å². The number of aryl methyl sites for hydroxylation is 1. The Balaban J connectivity index is 1.19. The Morgan fingerprint density at radius 3 is 1.81 bits per heavy atom. The van der Waals surface area contributed by atoms with E-state index in [2.05, 4.69) is 229 Å². The molecule has 5 aromatic carbocycles. The highest BCUT2D eigenvalue weighted by molar-refractivity contribution is 7.26. The van der Waals surface area contributed by atoms with Gasteiger partial charge in [0, 0.05) is 49.8 Å². The Morgan fingerprint density at radius 1 is 0.569 bits per heavy atom. The van der Waals surface area contributed by atoms with Crippen molar-refractivity contribution in [2.75, 3.05) is 14.7 Å². The summed E-state index contributed by atoms with van der Waals surface area (Å²) < 4.78 is 1.41. The van der Waals surface area contributed by atoms with Gasteiger partial charge in [0.1, 0.15) is 0 Å². The van der Waals surface area contributed by atoms with Gasteiger partial charge in [-0.2, -0.15) is 0 Å². The van der Waals surface area contributed by atoms with Gasteiger partial charge in [-0.3, -0.25) is 0 Å². The number of nitrogens with zero attached hydrogens (tertiary/aromatic N) is 3. The molecule has 3 aliphatic heterocycles. The number of anilines is 7. The van der Waals surface area contributed by atoms with Crippen molar-refractivity contribution in [2.45, 2.75) is 194 Å². The molecule has 0 radical (unpaired) electrons. The molecule has 72 heavy (non-hydrogen) atoms. The van der Waals surface area contributed by atoms with Crippen molar-refractivity contribution in [3.8, 4) is 0 Å². The smallest absolute Gasteiger partial charge is 0.254 e. The van der Waals surface area contributed by atoms with Crippen molar-refractivity contribution < 1.29 is 0 Å². The normalized spacial score (nSPS) is 23.8. The van der Waals surface area contributed by atoms with E-state index in [1.807, 2.05) is 11.3 Å². The Kier molecular flexibility index (Phi) is 10.3. The molecule has 12 rings (SSSR count). The van der Waals surface area contributed by atoms with Gasteiger partial charge in [0.25, 0.3) is 6.71 Å². The molecule has 0 bridgehead atoms. The number of rotatable bonds is 3. The van der Waals surface area contributed by atoms with Crippen LogP contribution in [0.15, 0.2) is 109 Å². The highest BCUT2D eigenvalue weighted by Gasteiger charge is 2.61. The Morgan fingerprint density at radius 2 is 1.17 bits per heavy atom. The van der Waals surface area contributed by atoms with E-state index in [1.54, 1.807) is 5.57 Å². The van der Waals surface area contributed by atoms with Crippen LogP contribution in [-0.4, -0.2) is 18.3 Å². The molecule has 372 valence electrons. The van der Waals surface area contributed by atoms with Crippen LogP contribution in [-0.2, 0) is 27.1 Å². The fourth-order valence-corrected chi connectivity index (χ4v) is 16.0. The Bertz CT molecular complexity index is 3270. The van der Waals surface area contributed by atoms with Crippen molar-refractivity contribution in [1.29, 1.82) is 0 Å². The largest absolute Gasteiger partial charge is 0.358 e. The summed E-state index contributed by atoms with van der Waals surface area (Å²) in [4.78, 5) is 8.33. The molecule has 1 aromatic heterocycles. The Labute approximate surface area is 437 Å². The molecular formula is C67H80BN3S. The van der Waals surface area contributed by atoms with E-state index in [0.29, 0.717) is 6.04 Å². The van der Waals surface area contributed by atoms with E-state index in [-0.39, 0.29) is 44.7 Å². The minimum absolute atomic E-state index is 0.0129. The summed E-state index contributed by atoms with van der Waals surface area (Å²) in [5.41, 5.74) is 22.5. The van der Waals surface area contributed by atoms with E-state index in [9.17, 15) is 0 Å². The van der Waals surface area contributed by atoms with Gasteiger partial charge < -0.3 is 14.7 Å². The lowest BCUT2D eigenvalue weighted by molar-refractivity contribution is 0.159. The maximum Gasteiger partial charge on any atom is 0.254 e. The molecule has 4 heterocycles. The monoisotopic (exact) mass is 970 g/mol. The first kappa shape index (κ1) is 48.0. The molecule has 1 saturated heterocycles. The first-order chi connectivity index (χ1) is 33.7. The quantitative estimate of drug-likeness (QED) is 0.163. The summed E-state index contributed by atoms with van der Waals surface area (Å²) in [5, 5.41) is 2.79. The van der Waals surface area contributed by atoms with Crippen molar-refractivity contribution >= 4 is 83.6 Å². The molecule has 3 nitrogen and oxygen atoms in total. The highest BCUT2D eigenvalue weighted by Crippen LogP contribution is 2.62. The lowest BCUT2D eigenvalue weighted by atomic mass is 9.33. The fourth-order valence-electron chi connectivity index (χ4n) is 14.7. The zero-order valence-electron chi connectivity index (χ0n) is 46.7. The zero-order chi connectivity index (χ0) is 51.0. The van der Waals surface area contributed by atoms with E-state index in [4.69, 9.17) is 0 Å². The van der Waals surface area contributed by atoms with E-state index in [0.717, 1.165) is 6.42 Å². The fraction of sp³-hybridized carbons (Fsp3) is 0.463. The third kappa shape index (κ3) is 6.93. The van der Waals surface area contributed by atoms with Gasteiger partial charge >= 0.3 is 0 Å². The van der Waals surface area contributed by atoms with Gasteiger partial charge in [0.05, 0.1) is 11.0 Å². The van der Waals surface area contributed by atoms with Crippen LogP contribution in [0.1, 0.15) is 182 Å². The molecule has 0 N–H and O–H groups in total. The van der Waals surface area contributed by atoms with Crippen LogP contribution < -0.4 is 31.1 Å². The molecule has 2 fully saturated rings. The number of hydrogen-bond donors (Lipinski definition) is 0. The number of hydrogen-bond acceptors (Lipinski definition) is 4. The van der Waals surface area contributed by atoms with E-state index < -0.39 is 0 Å². The van der Waals surface area contributed by atoms with Crippen molar-refractivity contribution in [3.63, 3.8) is 0 Å². The first-order valence-electron chi connectivity index (χ1n) is 27.6. The first-order valence-corrected chi connectivity index (χ1v) is 28.5. The van der Waals surface area contributed by atoms with Gasteiger partial charge in [0.15, 0.2) is 0 Å². The maximum atomic E-state index is 2.93. The van der Waals surface area contributed by atoms with Gasteiger partial charge in [-0.25, -0.2) is 0 Å². The van der Waals surface area contributed by atoms with E-state index in [1.165, 1.54) is 138 Å². The molecule has 3 unspecified atom stereocenters. The third-order valence-electron chi connectivity index (χ3n) is 19.4. The third-order valence-corrected chi connectivity index (χ3v) is 20.5. The summed E-state index contributed by atoms with van der Waals surface area (Å²) in [7, 11) is 0. The lowest BCUT2D eigenvalue weighted by Gasteiger charge is -2.51. The lowest BCUT2D eigenvalue weighted by Crippen LogP contribution is -2.61. The SMILES string of the molecule is Cc1cc2c3c(c1)N(c1ccc(C(C)(C)C)cc1)c1sc4cc5c(cc4c1B3c1ccc(N3C4CC=CC=C4C4(C)CCCCC34C)cc1N2c1cc(C(C)(C)C)cc(C(C)(C)C)c1)C(C)(C)CCC5(C)C. The Hall–Kier alpha value is -5.00. The average molecular weight is 970 g/mol. The zero-order valence-corrected chi connectivity index (χ0v) is 47.5. The van der Waals surface area contributed by atoms with E-state index >= 15 is 0 Å². The van der Waals surface area contributed by atoms with Crippen LogP contribution in [0.5, 0.6) is 0 Å². The van der Waals surface area contributed by atoms with Crippen LogP contribution in [0.2, 0.25) is 0 Å². The van der Waals surface area contributed by atoms with Gasteiger partial charge in [-0.05, 0) is 194 Å². The molecule has 0 amide bonds. The summed E-state index contributed by atoms with van der Waals surface area (Å²) in [5.74, 6) is 0. The molecule has 3 atom stereocenters. The summed E-state index contributed by atoms with van der Waals surface area (Å²) >= 11 is 2.02. The minimum atomic E-state index is -0.0418. The number of benzene rings is 5. The molecule has 0 spiro atoms. The second-order valence-corrected chi connectivity index (χ2v) is 29.1. The van der Waals surface area contributed by atoms with Crippen molar-refractivity contribution in [3.05, 3.63) is 142 Å². The predicted octanol–water partition coefficient (Wildman–Crippen LogP) is 16.9.